The Bertz CT molecular complexity index is 771. The van der Waals surface area contributed by atoms with Crippen molar-refractivity contribution in [3.63, 3.8) is 0 Å². The second-order valence-corrected chi connectivity index (χ2v) is 6.56. The summed E-state index contributed by atoms with van der Waals surface area (Å²) in [5, 5.41) is 5.70. The summed E-state index contributed by atoms with van der Waals surface area (Å²) < 4.78 is 5.26. The third-order valence-corrected chi connectivity index (χ3v) is 4.59. The summed E-state index contributed by atoms with van der Waals surface area (Å²) in [6, 6.07) is 21.6. The Kier molecular flexibility index (Phi) is 6.17. The first-order valence-electron chi connectivity index (χ1n) is 8.12. The van der Waals surface area contributed by atoms with Crippen LogP contribution in [0.1, 0.15) is 5.76 Å². The summed E-state index contributed by atoms with van der Waals surface area (Å²) in [7, 11) is 0. The van der Waals surface area contributed by atoms with Gasteiger partial charge in [-0.1, -0.05) is 42.5 Å². The average Bonchev–Trinajstić information content (AvgIpc) is 3.16. The molecule has 0 fully saturated rings. The zero-order valence-corrected chi connectivity index (χ0v) is 14.6. The van der Waals surface area contributed by atoms with Crippen molar-refractivity contribution in [3.05, 3.63) is 78.8 Å². The summed E-state index contributed by atoms with van der Waals surface area (Å²) in [5.41, 5.74) is 3.06. The van der Waals surface area contributed by atoms with Crippen molar-refractivity contribution in [1.82, 2.24) is 5.32 Å². The van der Waals surface area contributed by atoms with Crippen molar-refractivity contribution in [2.45, 2.75) is 5.75 Å². The summed E-state index contributed by atoms with van der Waals surface area (Å²) in [6.07, 6.45) is 1.67. The van der Waals surface area contributed by atoms with E-state index in [2.05, 4.69) is 22.8 Å². The second-order valence-electron chi connectivity index (χ2n) is 5.46. The maximum Gasteiger partial charge on any atom is 0.319 e. The molecule has 0 saturated heterocycles. The average molecular weight is 352 g/mol. The van der Waals surface area contributed by atoms with Gasteiger partial charge < -0.3 is 15.1 Å². The number of nitrogens with one attached hydrogen (secondary N) is 2. The lowest BCUT2D eigenvalue weighted by Crippen LogP contribution is -2.30. The fourth-order valence-corrected chi connectivity index (χ4v) is 3.11. The van der Waals surface area contributed by atoms with Gasteiger partial charge in [0, 0.05) is 18.0 Å². The Morgan fingerprint density at radius 2 is 1.68 bits per heavy atom. The Labute approximate surface area is 151 Å². The van der Waals surface area contributed by atoms with Crippen molar-refractivity contribution in [1.29, 1.82) is 0 Å². The van der Waals surface area contributed by atoms with Gasteiger partial charge in [0.1, 0.15) is 5.76 Å². The number of furan rings is 1. The van der Waals surface area contributed by atoms with Crippen molar-refractivity contribution in [2.24, 2.45) is 0 Å². The first kappa shape index (κ1) is 17.2. The van der Waals surface area contributed by atoms with Crippen LogP contribution in [-0.2, 0) is 5.75 Å². The molecule has 3 rings (SSSR count). The molecule has 128 valence electrons. The maximum atomic E-state index is 11.9. The number of hydrogen-bond acceptors (Lipinski definition) is 3. The summed E-state index contributed by atoms with van der Waals surface area (Å²) in [6.45, 7) is 0.610. The lowest BCUT2D eigenvalue weighted by molar-refractivity contribution is 0.252. The van der Waals surface area contributed by atoms with Crippen LogP contribution < -0.4 is 10.6 Å². The van der Waals surface area contributed by atoms with Gasteiger partial charge in [-0.2, -0.15) is 11.8 Å². The van der Waals surface area contributed by atoms with E-state index in [0.717, 1.165) is 34.1 Å². The standard InChI is InChI=1S/C20H20N2O2S/c23-20(21-12-14-25-15-19-7-4-13-24-19)22-18-10-8-17(9-11-18)16-5-2-1-3-6-16/h1-11,13H,12,14-15H2,(H2,21,22,23). The molecular weight excluding hydrogens is 332 g/mol. The van der Waals surface area contributed by atoms with Gasteiger partial charge in [-0.3, -0.25) is 0 Å². The van der Waals surface area contributed by atoms with E-state index in [1.807, 2.05) is 54.6 Å². The number of carbonyl (C=O) groups is 1. The van der Waals surface area contributed by atoms with Crippen LogP contribution >= 0.6 is 11.8 Å². The van der Waals surface area contributed by atoms with Crippen LogP contribution in [0.3, 0.4) is 0 Å². The minimum atomic E-state index is -0.189. The molecule has 2 N–H and O–H groups in total. The van der Waals surface area contributed by atoms with E-state index in [0.29, 0.717) is 6.54 Å². The number of benzene rings is 2. The largest absolute Gasteiger partial charge is 0.468 e. The first-order valence-corrected chi connectivity index (χ1v) is 9.27. The van der Waals surface area contributed by atoms with E-state index in [4.69, 9.17) is 4.42 Å². The number of urea groups is 1. The molecule has 0 bridgehead atoms. The molecule has 25 heavy (non-hydrogen) atoms. The maximum absolute atomic E-state index is 11.9. The molecule has 5 heteroatoms. The van der Waals surface area contributed by atoms with E-state index in [1.54, 1.807) is 18.0 Å². The number of amides is 2. The minimum Gasteiger partial charge on any atom is -0.468 e. The van der Waals surface area contributed by atoms with Crippen LogP contribution in [0.4, 0.5) is 10.5 Å². The highest BCUT2D eigenvalue weighted by molar-refractivity contribution is 7.98. The SMILES string of the molecule is O=C(NCCSCc1ccco1)Nc1ccc(-c2ccccc2)cc1. The van der Waals surface area contributed by atoms with Crippen molar-refractivity contribution >= 4 is 23.5 Å². The molecule has 4 nitrogen and oxygen atoms in total. The molecule has 0 spiro atoms. The van der Waals surface area contributed by atoms with E-state index in [1.165, 1.54) is 0 Å². The lowest BCUT2D eigenvalue weighted by Gasteiger charge is -2.08. The summed E-state index contributed by atoms with van der Waals surface area (Å²) in [4.78, 5) is 11.9. The molecule has 0 radical (unpaired) electrons. The Morgan fingerprint density at radius 1 is 0.920 bits per heavy atom. The molecule has 0 atom stereocenters. The van der Waals surface area contributed by atoms with E-state index < -0.39 is 0 Å². The van der Waals surface area contributed by atoms with E-state index >= 15 is 0 Å². The molecular formula is C20H20N2O2S. The quantitative estimate of drug-likeness (QED) is 0.588. The van der Waals surface area contributed by atoms with Gasteiger partial charge in [-0.05, 0) is 35.4 Å². The molecule has 0 aliphatic heterocycles. The van der Waals surface area contributed by atoms with Crippen molar-refractivity contribution in [2.75, 3.05) is 17.6 Å². The molecule has 0 aliphatic rings. The predicted octanol–water partition coefficient (Wildman–Crippen LogP) is 5.00. The smallest absolute Gasteiger partial charge is 0.319 e. The van der Waals surface area contributed by atoms with Gasteiger partial charge >= 0.3 is 6.03 Å². The zero-order chi connectivity index (χ0) is 17.3. The van der Waals surface area contributed by atoms with Gasteiger partial charge in [-0.25, -0.2) is 4.79 Å². The molecule has 0 saturated carbocycles. The Morgan fingerprint density at radius 3 is 2.40 bits per heavy atom. The number of carbonyl (C=O) groups excluding carboxylic acids is 1. The van der Waals surface area contributed by atoms with E-state index in [9.17, 15) is 4.79 Å². The highest BCUT2D eigenvalue weighted by Gasteiger charge is 2.02. The van der Waals surface area contributed by atoms with E-state index in [-0.39, 0.29) is 6.03 Å². The highest BCUT2D eigenvalue weighted by atomic mass is 32.2. The predicted molar refractivity (Wildman–Crippen MR) is 104 cm³/mol. The molecule has 2 amide bonds. The van der Waals surface area contributed by atoms with Crippen LogP contribution in [0.25, 0.3) is 11.1 Å². The Balaban J connectivity index is 1.39. The van der Waals surface area contributed by atoms with Crippen LogP contribution in [0.15, 0.2) is 77.4 Å². The fourth-order valence-electron chi connectivity index (χ4n) is 2.36. The van der Waals surface area contributed by atoms with Crippen LogP contribution in [0, 0.1) is 0 Å². The van der Waals surface area contributed by atoms with Crippen LogP contribution in [0.5, 0.6) is 0 Å². The summed E-state index contributed by atoms with van der Waals surface area (Å²) in [5.74, 6) is 2.60. The third-order valence-electron chi connectivity index (χ3n) is 3.61. The third kappa shape index (κ3) is 5.43. The van der Waals surface area contributed by atoms with Crippen molar-refractivity contribution < 1.29 is 9.21 Å². The second kappa shape index (κ2) is 8.99. The topological polar surface area (TPSA) is 54.3 Å². The van der Waals surface area contributed by atoms with Crippen molar-refractivity contribution in [3.8, 4) is 11.1 Å². The number of hydrogen-bond donors (Lipinski definition) is 2. The number of thioether (sulfide) groups is 1. The number of rotatable bonds is 7. The van der Waals surface area contributed by atoms with Gasteiger partial charge in [0.15, 0.2) is 0 Å². The molecule has 1 aromatic heterocycles. The molecule has 0 unspecified atom stereocenters. The minimum absolute atomic E-state index is 0.189. The van der Waals surface area contributed by atoms with Gasteiger partial charge in [0.25, 0.3) is 0 Å². The Hall–Kier alpha value is -2.66. The zero-order valence-electron chi connectivity index (χ0n) is 13.8. The highest BCUT2D eigenvalue weighted by Crippen LogP contribution is 2.20. The molecule has 3 aromatic rings. The van der Waals surface area contributed by atoms with Crippen LogP contribution in [0.2, 0.25) is 0 Å². The van der Waals surface area contributed by atoms with Gasteiger partial charge in [0.05, 0.1) is 12.0 Å². The number of anilines is 1. The first-order chi connectivity index (χ1) is 12.3. The monoisotopic (exact) mass is 352 g/mol. The molecule has 0 aliphatic carbocycles. The molecule has 2 aromatic carbocycles. The summed E-state index contributed by atoms with van der Waals surface area (Å²) >= 11 is 1.72. The fraction of sp³-hybridized carbons (Fsp3) is 0.150. The van der Waals surface area contributed by atoms with Gasteiger partial charge in [-0.15, -0.1) is 0 Å². The van der Waals surface area contributed by atoms with Crippen LogP contribution in [-0.4, -0.2) is 18.3 Å². The normalized spacial score (nSPS) is 10.4. The molecule has 1 heterocycles. The lowest BCUT2D eigenvalue weighted by atomic mass is 10.1. The van der Waals surface area contributed by atoms with Gasteiger partial charge in [0.2, 0.25) is 0 Å².